The quantitative estimate of drug-likeness (QED) is 0.821. The van der Waals surface area contributed by atoms with Crippen molar-refractivity contribution in [2.45, 2.75) is 18.2 Å². The van der Waals surface area contributed by atoms with Crippen LogP contribution in [0.1, 0.15) is 17.5 Å². The number of aliphatic hydroxyl groups excluding tert-OH is 1. The summed E-state index contributed by atoms with van der Waals surface area (Å²) < 4.78 is 27.6. The molecule has 1 fully saturated rings. The molecule has 2 N–H and O–H groups in total. The Balaban J connectivity index is 2.21. The van der Waals surface area contributed by atoms with Gasteiger partial charge in [0, 0.05) is 12.1 Å². The monoisotopic (exact) mass is 325 g/mol. The Morgan fingerprint density at radius 3 is 2.95 bits per heavy atom. The molecule has 1 atom stereocenters. The molecular formula is C15H19NO3S2. The second kappa shape index (κ2) is 7.32. The van der Waals surface area contributed by atoms with Crippen LogP contribution in [0, 0.1) is 24.7 Å². The summed E-state index contributed by atoms with van der Waals surface area (Å²) in [6.07, 6.45) is 1.05. The van der Waals surface area contributed by atoms with Gasteiger partial charge in [0.2, 0.25) is 10.0 Å². The second-order valence-corrected chi connectivity index (χ2v) is 7.93. The summed E-state index contributed by atoms with van der Waals surface area (Å²) in [5.41, 5.74) is 1.36. The van der Waals surface area contributed by atoms with Gasteiger partial charge in [-0.3, -0.25) is 0 Å². The standard InChI is InChI=1S/C15H19NO3S2/c1-12-4-5-15(14(9-12)3-2-7-17)21(18,19)16-10-13-6-8-20-11-13/h4-5,9,13,16-17H,6-8,10-11H2,1H3. The number of nitrogens with one attached hydrogen (secondary N) is 1. The van der Waals surface area contributed by atoms with Gasteiger partial charge in [-0.05, 0) is 48.5 Å². The molecule has 2 rings (SSSR count). The Kier molecular flexibility index (Phi) is 5.71. The number of sulfonamides is 1. The average molecular weight is 325 g/mol. The molecule has 1 heterocycles. The minimum atomic E-state index is -3.57. The van der Waals surface area contributed by atoms with Gasteiger partial charge < -0.3 is 5.11 Å². The van der Waals surface area contributed by atoms with Crippen LogP contribution in [0.25, 0.3) is 0 Å². The predicted molar refractivity (Wildman–Crippen MR) is 85.8 cm³/mol. The van der Waals surface area contributed by atoms with E-state index in [4.69, 9.17) is 5.11 Å². The van der Waals surface area contributed by atoms with Gasteiger partial charge in [-0.15, -0.1) is 0 Å². The zero-order valence-corrected chi connectivity index (χ0v) is 13.6. The summed E-state index contributed by atoms with van der Waals surface area (Å²) in [5, 5.41) is 8.80. The summed E-state index contributed by atoms with van der Waals surface area (Å²) >= 11 is 1.86. The molecule has 0 bridgehead atoms. The summed E-state index contributed by atoms with van der Waals surface area (Å²) in [5.74, 6) is 7.74. The maximum Gasteiger partial charge on any atom is 0.241 e. The normalized spacial score (nSPS) is 18.3. The van der Waals surface area contributed by atoms with E-state index < -0.39 is 10.0 Å². The first-order chi connectivity index (χ1) is 10.0. The lowest BCUT2D eigenvalue weighted by Gasteiger charge is -2.12. The van der Waals surface area contributed by atoms with Crippen LogP contribution in [-0.4, -0.2) is 38.2 Å². The Morgan fingerprint density at radius 1 is 1.48 bits per heavy atom. The van der Waals surface area contributed by atoms with E-state index in [0.717, 1.165) is 23.5 Å². The van der Waals surface area contributed by atoms with E-state index in [0.29, 0.717) is 18.0 Å². The highest BCUT2D eigenvalue weighted by Crippen LogP contribution is 2.23. The van der Waals surface area contributed by atoms with Crippen LogP contribution in [0.2, 0.25) is 0 Å². The molecule has 21 heavy (non-hydrogen) atoms. The third-order valence-electron chi connectivity index (χ3n) is 3.31. The number of hydrogen-bond donors (Lipinski definition) is 2. The van der Waals surface area contributed by atoms with Gasteiger partial charge >= 0.3 is 0 Å². The molecule has 1 aliphatic rings. The van der Waals surface area contributed by atoms with E-state index in [2.05, 4.69) is 16.6 Å². The van der Waals surface area contributed by atoms with Crippen molar-refractivity contribution in [2.75, 3.05) is 24.7 Å². The van der Waals surface area contributed by atoms with Crippen LogP contribution in [0.5, 0.6) is 0 Å². The van der Waals surface area contributed by atoms with Gasteiger partial charge in [0.05, 0.1) is 4.90 Å². The Bertz CT molecular complexity index is 653. The van der Waals surface area contributed by atoms with Crippen LogP contribution in [0.3, 0.4) is 0 Å². The van der Waals surface area contributed by atoms with Gasteiger partial charge in [0.25, 0.3) is 0 Å². The molecule has 0 amide bonds. The highest BCUT2D eigenvalue weighted by atomic mass is 32.2. The fraction of sp³-hybridized carbons (Fsp3) is 0.467. The first kappa shape index (κ1) is 16.4. The molecule has 1 aromatic rings. The topological polar surface area (TPSA) is 66.4 Å². The lowest BCUT2D eigenvalue weighted by atomic mass is 10.1. The molecule has 114 valence electrons. The molecule has 1 unspecified atom stereocenters. The van der Waals surface area contributed by atoms with Crippen molar-refractivity contribution in [2.24, 2.45) is 5.92 Å². The van der Waals surface area contributed by atoms with Gasteiger partial charge in [-0.25, -0.2) is 13.1 Å². The van der Waals surface area contributed by atoms with Crippen molar-refractivity contribution in [3.8, 4) is 11.8 Å². The smallest absolute Gasteiger partial charge is 0.241 e. The molecule has 1 aromatic carbocycles. The minimum Gasteiger partial charge on any atom is -0.384 e. The number of aliphatic hydroxyl groups is 1. The van der Waals surface area contributed by atoms with E-state index in [9.17, 15) is 8.42 Å². The summed E-state index contributed by atoms with van der Waals surface area (Å²) in [4.78, 5) is 0.180. The van der Waals surface area contributed by atoms with Crippen LogP contribution in [0.15, 0.2) is 23.1 Å². The molecule has 0 radical (unpaired) electrons. The third kappa shape index (κ3) is 4.48. The van der Waals surface area contributed by atoms with E-state index in [1.807, 2.05) is 18.7 Å². The highest BCUT2D eigenvalue weighted by molar-refractivity contribution is 7.99. The molecule has 0 aliphatic carbocycles. The van der Waals surface area contributed by atoms with Crippen molar-refractivity contribution in [3.63, 3.8) is 0 Å². The highest BCUT2D eigenvalue weighted by Gasteiger charge is 2.21. The first-order valence-electron chi connectivity index (χ1n) is 6.81. The largest absolute Gasteiger partial charge is 0.384 e. The van der Waals surface area contributed by atoms with Crippen LogP contribution < -0.4 is 4.72 Å². The second-order valence-electron chi connectivity index (χ2n) is 5.04. The molecule has 0 aromatic heterocycles. The van der Waals surface area contributed by atoms with Crippen molar-refractivity contribution in [1.82, 2.24) is 4.72 Å². The van der Waals surface area contributed by atoms with Crippen LogP contribution >= 0.6 is 11.8 Å². The first-order valence-corrected chi connectivity index (χ1v) is 9.44. The average Bonchev–Trinajstić information content (AvgIpc) is 2.96. The van der Waals surface area contributed by atoms with Crippen LogP contribution in [0.4, 0.5) is 0 Å². The summed E-state index contributed by atoms with van der Waals surface area (Å²) in [6.45, 7) is 2.06. The molecule has 1 aliphatic heterocycles. The van der Waals surface area contributed by atoms with E-state index >= 15 is 0 Å². The van der Waals surface area contributed by atoms with Gasteiger partial charge in [-0.2, -0.15) is 11.8 Å². The van der Waals surface area contributed by atoms with Gasteiger partial charge in [-0.1, -0.05) is 17.9 Å². The predicted octanol–water partition coefficient (Wildman–Crippen LogP) is 1.37. The summed E-state index contributed by atoms with van der Waals surface area (Å²) in [6, 6.07) is 5.05. The molecule has 6 heteroatoms. The maximum atomic E-state index is 12.4. The molecule has 0 saturated carbocycles. The van der Waals surface area contributed by atoms with Crippen molar-refractivity contribution >= 4 is 21.8 Å². The van der Waals surface area contributed by atoms with Crippen molar-refractivity contribution < 1.29 is 13.5 Å². The van der Waals surface area contributed by atoms with Crippen LogP contribution in [-0.2, 0) is 10.0 Å². The number of aryl methyl sites for hydroxylation is 1. The zero-order chi connectivity index (χ0) is 15.3. The van der Waals surface area contributed by atoms with Gasteiger partial charge in [0.15, 0.2) is 0 Å². The van der Waals surface area contributed by atoms with E-state index in [-0.39, 0.29) is 11.5 Å². The zero-order valence-electron chi connectivity index (χ0n) is 11.9. The van der Waals surface area contributed by atoms with Crippen molar-refractivity contribution in [3.05, 3.63) is 29.3 Å². The summed E-state index contributed by atoms with van der Waals surface area (Å²) in [7, 11) is -3.57. The Hall–Kier alpha value is -1.00. The third-order valence-corrected chi connectivity index (χ3v) is 6.03. The molecule has 4 nitrogen and oxygen atoms in total. The molecule has 0 spiro atoms. The maximum absolute atomic E-state index is 12.4. The SMILES string of the molecule is Cc1ccc(S(=O)(=O)NCC2CCSC2)c(C#CCO)c1. The van der Waals surface area contributed by atoms with E-state index in [1.54, 1.807) is 18.2 Å². The molecule has 1 saturated heterocycles. The number of benzene rings is 1. The minimum absolute atomic E-state index is 0.180. The Morgan fingerprint density at radius 2 is 2.29 bits per heavy atom. The number of thioether (sulfide) groups is 1. The lowest BCUT2D eigenvalue weighted by Crippen LogP contribution is -2.30. The van der Waals surface area contributed by atoms with Crippen molar-refractivity contribution in [1.29, 1.82) is 0 Å². The fourth-order valence-corrected chi connectivity index (χ4v) is 4.70. The molecular weight excluding hydrogens is 306 g/mol. The van der Waals surface area contributed by atoms with E-state index in [1.165, 1.54) is 0 Å². The van der Waals surface area contributed by atoms with Gasteiger partial charge in [0.1, 0.15) is 6.61 Å². The Labute approximate surface area is 130 Å². The lowest BCUT2D eigenvalue weighted by molar-refractivity contribution is 0.350. The number of rotatable bonds is 4. The number of hydrogen-bond acceptors (Lipinski definition) is 4. The fourth-order valence-electron chi connectivity index (χ4n) is 2.16.